The van der Waals surface area contributed by atoms with Gasteiger partial charge in [0.1, 0.15) is 5.71 Å². The van der Waals surface area contributed by atoms with Gasteiger partial charge < -0.3 is 0 Å². The van der Waals surface area contributed by atoms with Crippen LogP contribution in [0.2, 0.25) is 0 Å². The van der Waals surface area contributed by atoms with Crippen molar-refractivity contribution in [1.29, 1.82) is 0 Å². The number of anilines is 1. The van der Waals surface area contributed by atoms with E-state index in [0.29, 0.717) is 12.4 Å². The fourth-order valence-electron chi connectivity index (χ4n) is 4.39. The van der Waals surface area contributed by atoms with Crippen molar-refractivity contribution in [3.05, 3.63) is 95.6 Å². The fraction of sp³-hybridized carbons (Fsp3) is 0.259. The molecule has 0 atom stereocenters. The third-order valence-corrected chi connectivity index (χ3v) is 6.23. The molecule has 1 fully saturated rings. The molecule has 5 nitrogen and oxygen atoms in total. The van der Waals surface area contributed by atoms with E-state index < -0.39 is 0 Å². The molecule has 0 saturated carbocycles. The maximum absolute atomic E-state index is 13.4. The standard InChI is InChI=1S/C27H28N4O/c1-21-11-13-23(14-12-21)28-26-24-9-5-6-10-25(24)31(27(26)32)20-30-17-15-29(16-18-30)19-22-7-3-2-4-8-22/h2-14H,15-20H2,1H3. The number of rotatable bonds is 5. The number of carbonyl (C=O) groups excluding carboxylic acids is 1. The second kappa shape index (κ2) is 9.07. The van der Waals surface area contributed by atoms with Crippen molar-refractivity contribution in [1.82, 2.24) is 9.80 Å². The second-order valence-electron chi connectivity index (χ2n) is 8.57. The van der Waals surface area contributed by atoms with Crippen LogP contribution < -0.4 is 4.90 Å². The summed E-state index contributed by atoms with van der Waals surface area (Å²) in [4.78, 5) is 24.8. The van der Waals surface area contributed by atoms with Gasteiger partial charge in [-0.1, -0.05) is 66.2 Å². The van der Waals surface area contributed by atoms with Gasteiger partial charge in [-0.15, -0.1) is 0 Å². The molecule has 2 aliphatic rings. The van der Waals surface area contributed by atoms with Gasteiger partial charge in [-0.3, -0.25) is 19.5 Å². The molecule has 5 heteroatoms. The predicted molar refractivity (Wildman–Crippen MR) is 129 cm³/mol. The molecule has 3 aromatic carbocycles. The Labute approximate surface area is 189 Å². The topological polar surface area (TPSA) is 39.2 Å². The zero-order valence-electron chi connectivity index (χ0n) is 18.4. The van der Waals surface area contributed by atoms with Gasteiger partial charge in [0.2, 0.25) is 0 Å². The Morgan fingerprint density at radius 1 is 0.781 bits per heavy atom. The van der Waals surface area contributed by atoms with Crippen molar-refractivity contribution >= 4 is 23.0 Å². The van der Waals surface area contributed by atoms with Gasteiger partial charge in [-0.25, -0.2) is 4.99 Å². The first kappa shape index (κ1) is 20.6. The summed E-state index contributed by atoms with van der Waals surface area (Å²) in [7, 11) is 0. The molecule has 32 heavy (non-hydrogen) atoms. The molecule has 3 aromatic rings. The summed E-state index contributed by atoms with van der Waals surface area (Å²) in [5.74, 6) is -0.0153. The fourth-order valence-corrected chi connectivity index (χ4v) is 4.39. The Hall–Kier alpha value is -3.28. The highest BCUT2D eigenvalue weighted by atomic mass is 16.2. The highest BCUT2D eigenvalue weighted by Gasteiger charge is 2.35. The molecule has 0 spiro atoms. The molecule has 0 bridgehead atoms. The Morgan fingerprint density at radius 3 is 2.19 bits per heavy atom. The van der Waals surface area contributed by atoms with Crippen LogP contribution in [0.25, 0.3) is 0 Å². The Balaban J connectivity index is 1.28. The number of amides is 1. The van der Waals surface area contributed by atoms with Gasteiger partial charge in [0.05, 0.1) is 18.0 Å². The highest BCUT2D eigenvalue weighted by Crippen LogP contribution is 2.31. The molecule has 0 N–H and O–H groups in total. The summed E-state index contributed by atoms with van der Waals surface area (Å²) in [5, 5.41) is 0. The molecule has 5 rings (SSSR count). The normalized spacial score (nSPS) is 18.3. The van der Waals surface area contributed by atoms with Gasteiger partial charge >= 0.3 is 0 Å². The number of hydrogen-bond donors (Lipinski definition) is 0. The van der Waals surface area contributed by atoms with Gasteiger partial charge in [0.15, 0.2) is 0 Å². The SMILES string of the molecule is Cc1ccc(N=C2C(=O)N(CN3CCN(Cc4ccccc4)CC3)c3ccccc32)cc1. The van der Waals surface area contributed by atoms with Crippen LogP contribution in [-0.2, 0) is 11.3 Å². The minimum atomic E-state index is -0.0153. The van der Waals surface area contributed by atoms with Crippen LogP contribution in [0.5, 0.6) is 0 Å². The number of piperazine rings is 1. The lowest BCUT2D eigenvalue weighted by atomic mass is 10.1. The highest BCUT2D eigenvalue weighted by molar-refractivity contribution is 6.54. The lowest BCUT2D eigenvalue weighted by Gasteiger charge is -2.36. The Bertz CT molecular complexity index is 1120. The van der Waals surface area contributed by atoms with Crippen LogP contribution in [0.4, 0.5) is 11.4 Å². The van der Waals surface area contributed by atoms with Crippen molar-refractivity contribution < 1.29 is 4.79 Å². The van der Waals surface area contributed by atoms with Crippen molar-refractivity contribution in [2.75, 3.05) is 37.7 Å². The van der Waals surface area contributed by atoms with Crippen LogP contribution in [0.1, 0.15) is 16.7 Å². The lowest BCUT2D eigenvalue weighted by molar-refractivity contribution is -0.112. The van der Waals surface area contributed by atoms with Crippen molar-refractivity contribution in [2.45, 2.75) is 13.5 Å². The van der Waals surface area contributed by atoms with E-state index in [2.05, 4.69) is 40.1 Å². The summed E-state index contributed by atoms with van der Waals surface area (Å²) < 4.78 is 0. The summed E-state index contributed by atoms with van der Waals surface area (Å²) in [5.41, 5.74) is 5.75. The van der Waals surface area contributed by atoms with Crippen LogP contribution in [-0.4, -0.2) is 54.3 Å². The average Bonchev–Trinajstić information content (AvgIpc) is 3.08. The number of para-hydroxylation sites is 1. The van der Waals surface area contributed by atoms with Gasteiger partial charge in [0, 0.05) is 38.3 Å². The minimum absolute atomic E-state index is 0.0153. The number of nitrogens with zero attached hydrogens (tertiary/aromatic N) is 4. The summed E-state index contributed by atoms with van der Waals surface area (Å²) in [6.07, 6.45) is 0. The van der Waals surface area contributed by atoms with Crippen LogP contribution in [0.3, 0.4) is 0 Å². The molecule has 162 valence electrons. The third kappa shape index (κ3) is 4.35. The minimum Gasteiger partial charge on any atom is -0.297 e. The molecule has 0 radical (unpaired) electrons. The summed E-state index contributed by atoms with van der Waals surface area (Å²) in [6, 6.07) is 26.6. The number of carbonyl (C=O) groups is 1. The van der Waals surface area contributed by atoms with Crippen molar-refractivity contribution in [3.8, 4) is 0 Å². The monoisotopic (exact) mass is 424 g/mol. The third-order valence-electron chi connectivity index (χ3n) is 6.23. The number of fused-ring (bicyclic) bond motifs is 1. The van der Waals surface area contributed by atoms with E-state index in [0.717, 1.165) is 49.7 Å². The molecule has 1 saturated heterocycles. The smallest absolute Gasteiger partial charge is 0.278 e. The van der Waals surface area contributed by atoms with E-state index in [9.17, 15) is 4.79 Å². The van der Waals surface area contributed by atoms with E-state index in [4.69, 9.17) is 4.99 Å². The maximum atomic E-state index is 13.4. The molecular formula is C27H28N4O. The van der Waals surface area contributed by atoms with Gasteiger partial charge in [0.25, 0.3) is 5.91 Å². The lowest BCUT2D eigenvalue weighted by Crippen LogP contribution is -2.50. The summed E-state index contributed by atoms with van der Waals surface area (Å²) >= 11 is 0. The molecular weight excluding hydrogens is 396 g/mol. The predicted octanol–water partition coefficient (Wildman–Crippen LogP) is 4.24. The summed E-state index contributed by atoms with van der Waals surface area (Å²) in [6.45, 7) is 7.53. The first-order valence-electron chi connectivity index (χ1n) is 11.2. The van der Waals surface area contributed by atoms with E-state index in [1.54, 1.807) is 0 Å². The van der Waals surface area contributed by atoms with E-state index in [1.807, 2.05) is 60.4 Å². The van der Waals surface area contributed by atoms with E-state index in [1.165, 1.54) is 11.1 Å². The van der Waals surface area contributed by atoms with Crippen LogP contribution in [0.15, 0.2) is 83.9 Å². The quantitative estimate of drug-likeness (QED) is 0.615. The largest absolute Gasteiger partial charge is 0.297 e. The first-order chi connectivity index (χ1) is 15.7. The number of benzene rings is 3. The van der Waals surface area contributed by atoms with E-state index in [-0.39, 0.29) is 5.91 Å². The maximum Gasteiger partial charge on any atom is 0.278 e. The van der Waals surface area contributed by atoms with Crippen molar-refractivity contribution in [3.63, 3.8) is 0 Å². The van der Waals surface area contributed by atoms with E-state index >= 15 is 0 Å². The number of hydrogen-bond acceptors (Lipinski definition) is 4. The Morgan fingerprint density at radius 2 is 1.44 bits per heavy atom. The average molecular weight is 425 g/mol. The Kier molecular flexibility index (Phi) is 5.84. The van der Waals surface area contributed by atoms with Crippen LogP contribution in [0, 0.1) is 6.92 Å². The van der Waals surface area contributed by atoms with Crippen LogP contribution >= 0.6 is 0 Å². The zero-order valence-corrected chi connectivity index (χ0v) is 18.4. The number of aryl methyl sites for hydroxylation is 1. The molecule has 2 heterocycles. The number of aliphatic imine (C=N–C) groups is 1. The molecule has 0 aromatic heterocycles. The second-order valence-corrected chi connectivity index (χ2v) is 8.57. The molecule has 0 unspecified atom stereocenters. The zero-order chi connectivity index (χ0) is 21.9. The molecule has 0 aliphatic carbocycles. The first-order valence-corrected chi connectivity index (χ1v) is 11.2. The van der Waals surface area contributed by atoms with Gasteiger partial charge in [-0.2, -0.15) is 0 Å². The van der Waals surface area contributed by atoms with Gasteiger partial charge in [-0.05, 0) is 30.7 Å². The molecule has 2 aliphatic heterocycles. The van der Waals surface area contributed by atoms with Crippen molar-refractivity contribution in [2.24, 2.45) is 4.99 Å². The molecule has 1 amide bonds.